The maximum Gasteiger partial charge on any atom is 0.143 e. The van der Waals surface area contributed by atoms with E-state index < -0.39 is 0 Å². The number of rotatable bonds is 15. The monoisotopic (exact) mass is 507 g/mol. The Morgan fingerprint density at radius 1 is 0.946 bits per heavy atom. The summed E-state index contributed by atoms with van der Waals surface area (Å²) >= 11 is 0. The summed E-state index contributed by atoms with van der Waals surface area (Å²) in [7, 11) is 1.55. The standard InChI is InChI=1S/C31H42FN3O2/c1-31(2,3)17-12-10-8-6-5-7-9-11-13-19-37-23-35-22-24(21-33)29-26(16-18-34-30(29)35)27-20-25(32)14-15-28(27)36-4/h14-16,18,20,22H,5-13,17,19,23H2,1-4H3. The van der Waals surface area contributed by atoms with Crippen LogP contribution < -0.4 is 4.74 Å². The third kappa shape index (κ3) is 8.57. The minimum absolute atomic E-state index is 0.323. The summed E-state index contributed by atoms with van der Waals surface area (Å²) in [5.74, 6) is 0.181. The van der Waals surface area contributed by atoms with E-state index >= 15 is 0 Å². The number of unbranched alkanes of at least 4 members (excludes halogenated alkanes) is 8. The van der Waals surface area contributed by atoms with Gasteiger partial charge in [-0.1, -0.05) is 72.1 Å². The number of fused-ring (bicyclic) bond motifs is 1. The van der Waals surface area contributed by atoms with E-state index in [1.165, 1.54) is 69.9 Å². The average Bonchev–Trinajstić information content (AvgIpc) is 3.24. The molecule has 37 heavy (non-hydrogen) atoms. The molecule has 6 heteroatoms. The Kier molecular flexibility index (Phi) is 11.0. The molecule has 0 radical (unpaired) electrons. The van der Waals surface area contributed by atoms with Crippen LogP contribution >= 0.6 is 0 Å². The second kappa shape index (κ2) is 14.1. The Bertz CT molecular complexity index is 1170. The summed E-state index contributed by atoms with van der Waals surface area (Å²) in [6.07, 6.45) is 16.2. The van der Waals surface area contributed by atoms with Crippen molar-refractivity contribution in [2.45, 2.75) is 91.7 Å². The SMILES string of the molecule is COc1ccc(F)cc1-c1ccnc2c1c(C#N)cn2COCCCCCCCCCCCC(C)(C)C. The van der Waals surface area contributed by atoms with Crippen molar-refractivity contribution in [3.8, 4) is 22.9 Å². The van der Waals surface area contributed by atoms with E-state index in [4.69, 9.17) is 9.47 Å². The fourth-order valence-electron chi connectivity index (χ4n) is 4.77. The molecule has 0 unspecified atom stereocenters. The maximum absolute atomic E-state index is 14.0. The van der Waals surface area contributed by atoms with E-state index in [1.807, 2.05) is 4.57 Å². The highest BCUT2D eigenvalue weighted by Crippen LogP contribution is 2.37. The highest BCUT2D eigenvalue weighted by Gasteiger charge is 2.18. The molecule has 3 aromatic rings. The first-order valence-corrected chi connectivity index (χ1v) is 13.6. The number of nitrogens with zero attached hydrogens (tertiary/aromatic N) is 3. The van der Waals surface area contributed by atoms with Gasteiger partial charge in [0.1, 0.15) is 30.0 Å². The minimum Gasteiger partial charge on any atom is -0.496 e. The van der Waals surface area contributed by atoms with Gasteiger partial charge in [-0.05, 0) is 48.1 Å². The number of benzene rings is 1. The summed E-state index contributed by atoms with van der Waals surface area (Å²) in [5, 5.41) is 10.4. The van der Waals surface area contributed by atoms with Crippen LogP contribution in [-0.4, -0.2) is 23.3 Å². The first-order valence-electron chi connectivity index (χ1n) is 13.6. The molecule has 2 heterocycles. The molecule has 200 valence electrons. The second-order valence-corrected chi connectivity index (χ2v) is 11.1. The largest absolute Gasteiger partial charge is 0.496 e. The van der Waals surface area contributed by atoms with E-state index in [-0.39, 0.29) is 5.82 Å². The van der Waals surface area contributed by atoms with Gasteiger partial charge in [0.15, 0.2) is 0 Å². The fraction of sp³-hybridized carbons (Fsp3) is 0.548. The molecule has 0 spiro atoms. The Morgan fingerprint density at radius 2 is 1.62 bits per heavy atom. The van der Waals surface area contributed by atoms with Crippen molar-refractivity contribution in [2.75, 3.05) is 13.7 Å². The molecule has 0 aliphatic rings. The molecule has 0 N–H and O–H groups in total. The Morgan fingerprint density at radius 3 is 2.27 bits per heavy atom. The smallest absolute Gasteiger partial charge is 0.143 e. The van der Waals surface area contributed by atoms with Crippen molar-refractivity contribution in [2.24, 2.45) is 5.41 Å². The van der Waals surface area contributed by atoms with Crippen LogP contribution in [0.15, 0.2) is 36.7 Å². The van der Waals surface area contributed by atoms with Crippen LogP contribution in [0.1, 0.15) is 90.5 Å². The molecule has 0 atom stereocenters. The molecule has 0 aliphatic carbocycles. The van der Waals surface area contributed by atoms with Crippen LogP contribution in [0.3, 0.4) is 0 Å². The van der Waals surface area contributed by atoms with Gasteiger partial charge in [-0.2, -0.15) is 5.26 Å². The number of nitriles is 1. The Balaban J connectivity index is 1.45. The molecule has 1 aromatic carbocycles. The predicted octanol–water partition coefficient (Wildman–Crippen LogP) is 8.64. The lowest BCUT2D eigenvalue weighted by Gasteiger charge is -2.17. The molecular formula is C31H42FN3O2. The first kappa shape index (κ1) is 28.7. The van der Waals surface area contributed by atoms with Gasteiger partial charge in [-0.15, -0.1) is 0 Å². The molecule has 0 bridgehead atoms. The Labute approximate surface area is 221 Å². The number of ether oxygens (including phenoxy) is 2. The van der Waals surface area contributed by atoms with Crippen molar-refractivity contribution in [3.63, 3.8) is 0 Å². The normalized spacial score (nSPS) is 11.7. The van der Waals surface area contributed by atoms with Gasteiger partial charge in [0.2, 0.25) is 0 Å². The van der Waals surface area contributed by atoms with Gasteiger partial charge in [-0.25, -0.2) is 9.37 Å². The van der Waals surface area contributed by atoms with E-state index in [9.17, 15) is 9.65 Å². The fourth-order valence-corrected chi connectivity index (χ4v) is 4.77. The van der Waals surface area contributed by atoms with Crippen LogP contribution in [0.5, 0.6) is 5.75 Å². The zero-order valence-corrected chi connectivity index (χ0v) is 23.0. The van der Waals surface area contributed by atoms with Crippen molar-refractivity contribution in [1.29, 1.82) is 5.26 Å². The third-order valence-corrected chi connectivity index (χ3v) is 6.78. The minimum atomic E-state index is -0.363. The molecule has 0 aliphatic heterocycles. The second-order valence-electron chi connectivity index (χ2n) is 11.1. The van der Waals surface area contributed by atoms with Crippen molar-refractivity contribution in [3.05, 3.63) is 48.0 Å². The van der Waals surface area contributed by atoms with Crippen molar-refractivity contribution < 1.29 is 13.9 Å². The van der Waals surface area contributed by atoms with Crippen LogP contribution in [0.4, 0.5) is 4.39 Å². The zero-order chi connectivity index (χ0) is 26.7. The molecule has 2 aromatic heterocycles. The summed E-state index contributed by atoms with van der Waals surface area (Å²) in [6, 6.07) is 8.43. The predicted molar refractivity (Wildman–Crippen MR) is 148 cm³/mol. The van der Waals surface area contributed by atoms with Crippen LogP contribution in [-0.2, 0) is 11.5 Å². The first-order chi connectivity index (χ1) is 17.8. The highest BCUT2D eigenvalue weighted by atomic mass is 19.1. The van der Waals surface area contributed by atoms with Crippen molar-refractivity contribution >= 4 is 11.0 Å². The molecule has 0 saturated carbocycles. The van der Waals surface area contributed by atoms with Crippen LogP contribution in [0, 0.1) is 22.6 Å². The van der Waals surface area contributed by atoms with Crippen LogP contribution in [0.2, 0.25) is 0 Å². The topological polar surface area (TPSA) is 60.1 Å². The van der Waals surface area contributed by atoms with E-state index in [2.05, 4.69) is 31.8 Å². The lowest BCUT2D eigenvalue weighted by atomic mass is 9.89. The zero-order valence-electron chi connectivity index (χ0n) is 23.0. The van der Waals surface area contributed by atoms with Gasteiger partial charge in [0.05, 0.1) is 12.7 Å². The molecule has 0 fully saturated rings. The number of methoxy groups -OCH3 is 1. The molecule has 0 amide bonds. The number of halogens is 1. The number of aromatic nitrogens is 2. The molecule has 0 saturated heterocycles. The summed E-state index contributed by atoms with van der Waals surface area (Å²) in [4.78, 5) is 4.50. The highest BCUT2D eigenvalue weighted by molar-refractivity contribution is 5.98. The third-order valence-electron chi connectivity index (χ3n) is 6.78. The van der Waals surface area contributed by atoms with Crippen molar-refractivity contribution in [1.82, 2.24) is 9.55 Å². The number of hydrogen-bond donors (Lipinski definition) is 0. The van der Waals surface area contributed by atoms with E-state index in [0.29, 0.717) is 52.2 Å². The molecule has 5 nitrogen and oxygen atoms in total. The maximum atomic E-state index is 14.0. The number of hydrogen-bond acceptors (Lipinski definition) is 4. The quantitative estimate of drug-likeness (QED) is 0.193. The molecular weight excluding hydrogens is 465 g/mol. The average molecular weight is 508 g/mol. The molecule has 3 rings (SSSR count). The van der Waals surface area contributed by atoms with E-state index in [0.717, 1.165) is 6.42 Å². The lowest BCUT2D eigenvalue weighted by Crippen LogP contribution is -2.03. The number of pyridine rings is 1. The summed E-state index contributed by atoms with van der Waals surface area (Å²) < 4.78 is 27.2. The van der Waals surface area contributed by atoms with Crippen LogP contribution in [0.25, 0.3) is 22.2 Å². The van der Waals surface area contributed by atoms with Gasteiger partial charge >= 0.3 is 0 Å². The van der Waals surface area contributed by atoms with Gasteiger partial charge in [0.25, 0.3) is 0 Å². The van der Waals surface area contributed by atoms with E-state index in [1.54, 1.807) is 31.6 Å². The van der Waals surface area contributed by atoms with Gasteiger partial charge in [-0.3, -0.25) is 0 Å². The summed E-state index contributed by atoms with van der Waals surface area (Å²) in [6.45, 7) is 7.96. The van der Waals surface area contributed by atoms with Gasteiger partial charge < -0.3 is 14.0 Å². The summed E-state index contributed by atoms with van der Waals surface area (Å²) in [5.41, 5.74) is 2.89. The lowest BCUT2D eigenvalue weighted by molar-refractivity contribution is 0.0763. The van der Waals surface area contributed by atoms with Gasteiger partial charge in [0, 0.05) is 30.0 Å². The Hall–Kier alpha value is -2.91.